The van der Waals surface area contributed by atoms with Gasteiger partial charge in [-0.2, -0.15) is 0 Å². The van der Waals surface area contributed by atoms with E-state index in [1.165, 1.54) is 7.11 Å². The standard InChI is InChI=1S/C25H27N5O6/c1-34-23-5-3-17-24(29-23)18(6-9-26-17)28-25(33)36-16-7-10-30(11-8-16)13-20(31)15-2-4-21-19(12-15)27-22(32)14-35-21/h2-6,9,12,16,20,31H,7-8,10-11,13-14H2,1H3,(H,27,32)(H,26,28,33)/t20-/m0/s1. The molecule has 3 N–H and O–H groups in total. The van der Waals surface area contributed by atoms with Crippen LogP contribution in [0.3, 0.4) is 0 Å². The first-order valence-electron chi connectivity index (χ1n) is 11.7. The Morgan fingerprint density at radius 1 is 1.28 bits per heavy atom. The smallest absolute Gasteiger partial charge is 0.411 e. The van der Waals surface area contributed by atoms with Gasteiger partial charge in [-0.3, -0.25) is 15.1 Å². The minimum atomic E-state index is -0.723. The Morgan fingerprint density at radius 3 is 2.92 bits per heavy atom. The van der Waals surface area contributed by atoms with Gasteiger partial charge in [0.2, 0.25) is 5.88 Å². The molecule has 11 heteroatoms. The summed E-state index contributed by atoms with van der Waals surface area (Å²) in [6.07, 6.45) is 1.39. The molecule has 1 aromatic carbocycles. The van der Waals surface area contributed by atoms with Crippen LogP contribution in [0.5, 0.6) is 11.6 Å². The molecule has 0 radical (unpaired) electrons. The molecule has 11 nitrogen and oxygen atoms in total. The number of fused-ring (bicyclic) bond motifs is 2. The molecule has 0 aliphatic carbocycles. The summed E-state index contributed by atoms with van der Waals surface area (Å²) >= 11 is 0. The molecule has 1 saturated heterocycles. The molecule has 3 aromatic rings. The van der Waals surface area contributed by atoms with Gasteiger partial charge in [0.1, 0.15) is 17.4 Å². The SMILES string of the molecule is COc1ccc2nccc(NC(=O)OC3CCN(C[C@H](O)c4ccc5c(c4)NC(=O)CO5)CC3)c2n1. The lowest BCUT2D eigenvalue weighted by Gasteiger charge is -2.33. The number of anilines is 2. The largest absolute Gasteiger partial charge is 0.482 e. The molecule has 0 spiro atoms. The van der Waals surface area contributed by atoms with Crippen molar-refractivity contribution in [1.82, 2.24) is 14.9 Å². The van der Waals surface area contributed by atoms with Crippen molar-refractivity contribution in [2.24, 2.45) is 0 Å². The molecular formula is C25H27N5O6. The predicted octanol–water partition coefficient (Wildman–Crippen LogP) is 2.72. The summed E-state index contributed by atoms with van der Waals surface area (Å²) < 4.78 is 16.2. The summed E-state index contributed by atoms with van der Waals surface area (Å²) in [6.45, 7) is 1.78. The first kappa shape index (κ1) is 23.8. The molecule has 2 amide bonds. The van der Waals surface area contributed by atoms with E-state index >= 15 is 0 Å². The highest BCUT2D eigenvalue weighted by Gasteiger charge is 2.25. The number of nitrogens with one attached hydrogen (secondary N) is 2. The van der Waals surface area contributed by atoms with E-state index in [2.05, 4.69) is 25.5 Å². The number of nitrogens with zero attached hydrogens (tertiary/aromatic N) is 3. The summed E-state index contributed by atoms with van der Waals surface area (Å²) in [6, 6.07) is 10.4. The third kappa shape index (κ3) is 5.31. The van der Waals surface area contributed by atoms with E-state index in [0.29, 0.717) is 72.1 Å². The molecule has 188 valence electrons. The van der Waals surface area contributed by atoms with Gasteiger partial charge in [0, 0.05) is 31.9 Å². The highest BCUT2D eigenvalue weighted by Crippen LogP contribution is 2.31. The van der Waals surface area contributed by atoms with Crippen molar-refractivity contribution >= 4 is 34.4 Å². The topological polar surface area (TPSA) is 135 Å². The molecule has 36 heavy (non-hydrogen) atoms. The van der Waals surface area contributed by atoms with E-state index in [1.54, 1.807) is 42.6 Å². The number of ether oxygens (including phenoxy) is 3. The molecular weight excluding hydrogens is 466 g/mol. The van der Waals surface area contributed by atoms with Crippen LogP contribution in [0.2, 0.25) is 0 Å². The molecule has 0 bridgehead atoms. The van der Waals surface area contributed by atoms with Crippen molar-refractivity contribution in [3.8, 4) is 11.6 Å². The number of benzene rings is 1. The Labute approximate surface area is 207 Å². The minimum absolute atomic E-state index is 0.00523. The summed E-state index contributed by atoms with van der Waals surface area (Å²) in [5, 5.41) is 16.3. The van der Waals surface area contributed by atoms with Crippen LogP contribution >= 0.6 is 0 Å². The molecule has 0 saturated carbocycles. The average molecular weight is 494 g/mol. The third-order valence-corrected chi connectivity index (χ3v) is 6.26. The number of carbonyl (C=O) groups excluding carboxylic acids is 2. The summed E-state index contributed by atoms with van der Waals surface area (Å²) in [7, 11) is 1.53. The number of rotatable bonds is 6. The molecule has 0 unspecified atom stereocenters. The number of β-amino-alcohol motifs (C(OH)–C–C–N with tert-alkyl or cyclic N) is 1. The Morgan fingerprint density at radius 2 is 2.11 bits per heavy atom. The fourth-order valence-corrected chi connectivity index (χ4v) is 4.38. The van der Waals surface area contributed by atoms with Gasteiger partial charge in [-0.15, -0.1) is 0 Å². The second-order valence-corrected chi connectivity index (χ2v) is 8.72. The van der Waals surface area contributed by atoms with Gasteiger partial charge in [0.05, 0.1) is 30.1 Å². The molecule has 1 atom stereocenters. The lowest BCUT2D eigenvalue weighted by Crippen LogP contribution is -2.40. The average Bonchev–Trinajstić information content (AvgIpc) is 2.89. The number of aliphatic hydroxyl groups is 1. The van der Waals surface area contributed by atoms with E-state index in [-0.39, 0.29) is 18.6 Å². The summed E-state index contributed by atoms with van der Waals surface area (Å²) in [4.78, 5) is 34.9. The number of carbonyl (C=O) groups is 2. The third-order valence-electron chi connectivity index (χ3n) is 6.26. The van der Waals surface area contributed by atoms with E-state index < -0.39 is 12.2 Å². The van der Waals surface area contributed by atoms with Crippen molar-refractivity contribution in [3.63, 3.8) is 0 Å². The zero-order valence-corrected chi connectivity index (χ0v) is 19.8. The van der Waals surface area contributed by atoms with Crippen LogP contribution in [0.4, 0.5) is 16.2 Å². The second-order valence-electron chi connectivity index (χ2n) is 8.72. The molecule has 2 aliphatic rings. The Hall–Kier alpha value is -3.96. The highest BCUT2D eigenvalue weighted by atomic mass is 16.6. The van der Waals surface area contributed by atoms with E-state index in [9.17, 15) is 14.7 Å². The zero-order valence-electron chi connectivity index (χ0n) is 19.8. The van der Waals surface area contributed by atoms with Gasteiger partial charge in [-0.25, -0.2) is 9.78 Å². The van der Waals surface area contributed by atoms with E-state index in [0.717, 1.165) is 0 Å². The summed E-state index contributed by atoms with van der Waals surface area (Å²) in [5.74, 6) is 0.805. The van der Waals surface area contributed by atoms with Crippen molar-refractivity contribution in [2.75, 3.05) is 44.0 Å². The van der Waals surface area contributed by atoms with Gasteiger partial charge in [-0.1, -0.05) is 6.07 Å². The number of pyridine rings is 2. The quantitative estimate of drug-likeness (QED) is 0.474. The molecule has 2 aromatic heterocycles. The maximum Gasteiger partial charge on any atom is 0.411 e. The second kappa shape index (κ2) is 10.3. The number of aromatic nitrogens is 2. The van der Waals surface area contributed by atoms with Gasteiger partial charge < -0.3 is 29.5 Å². The Kier molecular flexibility index (Phi) is 6.83. The minimum Gasteiger partial charge on any atom is -0.482 e. The van der Waals surface area contributed by atoms with Crippen molar-refractivity contribution in [1.29, 1.82) is 0 Å². The number of methoxy groups -OCH3 is 1. The van der Waals surface area contributed by atoms with E-state index in [4.69, 9.17) is 14.2 Å². The number of piperidine rings is 1. The van der Waals surface area contributed by atoms with Crippen molar-refractivity contribution in [2.45, 2.75) is 25.0 Å². The molecule has 1 fully saturated rings. The van der Waals surface area contributed by atoms with Crippen molar-refractivity contribution < 1.29 is 28.9 Å². The maximum atomic E-state index is 12.6. The normalized spacial score (nSPS) is 17.0. The van der Waals surface area contributed by atoms with Gasteiger partial charge in [0.15, 0.2) is 6.61 Å². The maximum absolute atomic E-state index is 12.6. The Balaban J connectivity index is 1.12. The van der Waals surface area contributed by atoms with E-state index in [1.807, 2.05) is 0 Å². The first-order chi connectivity index (χ1) is 17.5. The lowest BCUT2D eigenvalue weighted by molar-refractivity contribution is -0.118. The molecule has 4 heterocycles. The van der Waals surface area contributed by atoms with Gasteiger partial charge in [-0.05, 0) is 42.7 Å². The van der Waals surface area contributed by atoms with Gasteiger partial charge >= 0.3 is 6.09 Å². The van der Waals surface area contributed by atoms with Gasteiger partial charge in [0.25, 0.3) is 5.91 Å². The fraction of sp³-hybridized carbons (Fsp3) is 0.360. The van der Waals surface area contributed by atoms with Crippen LogP contribution < -0.4 is 20.1 Å². The zero-order chi connectivity index (χ0) is 25.1. The number of aliphatic hydroxyl groups excluding tert-OH is 1. The molecule has 5 rings (SSSR count). The number of likely N-dealkylation sites (tertiary alicyclic amines) is 1. The predicted molar refractivity (Wildman–Crippen MR) is 131 cm³/mol. The number of hydrogen-bond acceptors (Lipinski definition) is 9. The number of amides is 2. The highest BCUT2D eigenvalue weighted by molar-refractivity contribution is 5.96. The summed E-state index contributed by atoms with van der Waals surface area (Å²) in [5.41, 5.74) is 2.92. The molecule has 2 aliphatic heterocycles. The monoisotopic (exact) mass is 493 g/mol. The van der Waals surface area contributed by atoms with Crippen LogP contribution in [0, 0.1) is 0 Å². The lowest BCUT2D eigenvalue weighted by atomic mass is 10.0. The Bertz CT molecular complexity index is 1280. The van der Waals surface area contributed by atoms with Crippen LogP contribution in [-0.2, 0) is 9.53 Å². The van der Waals surface area contributed by atoms with Crippen LogP contribution in [0.25, 0.3) is 11.0 Å². The van der Waals surface area contributed by atoms with Crippen molar-refractivity contribution in [3.05, 3.63) is 48.2 Å². The van der Waals surface area contributed by atoms with Crippen LogP contribution in [0.1, 0.15) is 24.5 Å². The number of hydrogen-bond donors (Lipinski definition) is 3. The van der Waals surface area contributed by atoms with Crippen LogP contribution in [-0.4, -0.2) is 71.4 Å². The fourth-order valence-electron chi connectivity index (χ4n) is 4.38. The first-order valence-corrected chi connectivity index (χ1v) is 11.7. The van der Waals surface area contributed by atoms with Crippen LogP contribution in [0.15, 0.2) is 42.6 Å².